The third-order valence-electron chi connectivity index (χ3n) is 6.00. The van der Waals surface area contributed by atoms with Gasteiger partial charge in [-0.2, -0.15) is 0 Å². The lowest BCUT2D eigenvalue weighted by Crippen LogP contribution is -2.42. The first-order chi connectivity index (χ1) is 16.9. The molecule has 4 aromatic rings. The highest BCUT2D eigenvalue weighted by atomic mass is 19.1. The zero-order valence-corrected chi connectivity index (χ0v) is 18.3. The van der Waals surface area contributed by atoms with Crippen molar-refractivity contribution in [3.05, 3.63) is 71.8 Å². The van der Waals surface area contributed by atoms with Gasteiger partial charge in [0.1, 0.15) is 23.1 Å². The number of carbonyl (C=O) groups is 1. The number of nitrogens with zero attached hydrogens (tertiary/aromatic N) is 3. The van der Waals surface area contributed by atoms with Gasteiger partial charge >= 0.3 is 0 Å². The summed E-state index contributed by atoms with van der Waals surface area (Å²) in [4.78, 5) is 27.2. The van der Waals surface area contributed by atoms with Gasteiger partial charge < -0.3 is 15.6 Å². The minimum atomic E-state index is -0.752. The summed E-state index contributed by atoms with van der Waals surface area (Å²) in [5.41, 5.74) is 0.548. The van der Waals surface area contributed by atoms with E-state index in [1.54, 1.807) is 0 Å². The van der Waals surface area contributed by atoms with Crippen molar-refractivity contribution in [3.63, 3.8) is 0 Å². The second-order valence-electron chi connectivity index (χ2n) is 8.44. The number of H-pyrrole nitrogens is 1. The fraction of sp³-hybridized carbons (Fsp3) is 0.250. The molecule has 0 aliphatic heterocycles. The van der Waals surface area contributed by atoms with Crippen molar-refractivity contribution in [1.82, 2.24) is 25.3 Å². The molecule has 3 N–H and O–H groups in total. The van der Waals surface area contributed by atoms with Gasteiger partial charge in [-0.05, 0) is 43.9 Å². The van der Waals surface area contributed by atoms with Crippen molar-refractivity contribution in [2.24, 2.45) is 0 Å². The molecule has 5 rings (SSSR count). The van der Waals surface area contributed by atoms with Crippen LogP contribution in [0.15, 0.2) is 42.9 Å². The number of aromatic nitrogens is 4. The summed E-state index contributed by atoms with van der Waals surface area (Å²) in [5, 5.41) is 6.20. The van der Waals surface area contributed by atoms with Crippen molar-refractivity contribution in [3.8, 4) is 11.4 Å². The lowest BCUT2D eigenvalue weighted by molar-refractivity contribution is 0.0921. The van der Waals surface area contributed by atoms with Crippen molar-refractivity contribution in [2.45, 2.75) is 37.8 Å². The summed E-state index contributed by atoms with van der Waals surface area (Å²) in [5.74, 6) is -3.05. The molecule has 0 spiro atoms. The van der Waals surface area contributed by atoms with Gasteiger partial charge in [-0.3, -0.25) is 4.79 Å². The molecular formula is C24H20F4N6O. The third-order valence-corrected chi connectivity index (χ3v) is 6.00. The van der Waals surface area contributed by atoms with Crippen molar-refractivity contribution < 1.29 is 22.4 Å². The second-order valence-corrected chi connectivity index (χ2v) is 8.44. The number of hydrogen-bond acceptors (Lipinski definition) is 5. The summed E-state index contributed by atoms with van der Waals surface area (Å²) in [6.45, 7) is 0. The summed E-state index contributed by atoms with van der Waals surface area (Å²) in [6.07, 6.45) is 6.17. The van der Waals surface area contributed by atoms with Crippen LogP contribution < -0.4 is 10.6 Å². The number of fused-ring (bicyclic) bond motifs is 1. The molecule has 2 atom stereocenters. The molecular weight excluding hydrogens is 464 g/mol. The quantitative estimate of drug-likeness (QED) is 0.356. The Kier molecular flexibility index (Phi) is 6.06. The number of rotatable bonds is 5. The van der Waals surface area contributed by atoms with E-state index in [2.05, 4.69) is 30.6 Å². The van der Waals surface area contributed by atoms with Crippen LogP contribution in [0.5, 0.6) is 0 Å². The molecule has 1 saturated carbocycles. The molecule has 0 unspecified atom stereocenters. The van der Waals surface area contributed by atoms with E-state index in [-0.39, 0.29) is 40.3 Å². The number of nitrogens with one attached hydrogen (secondary N) is 3. The molecule has 0 saturated heterocycles. The molecule has 1 aromatic carbocycles. The van der Waals surface area contributed by atoms with Crippen LogP contribution in [0.2, 0.25) is 0 Å². The van der Waals surface area contributed by atoms with Gasteiger partial charge in [0, 0.05) is 35.3 Å². The Balaban J connectivity index is 1.32. The number of aromatic amines is 1. The molecule has 180 valence electrons. The van der Waals surface area contributed by atoms with Gasteiger partial charge in [0.25, 0.3) is 5.91 Å². The second kappa shape index (κ2) is 9.32. The maximum atomic E-state index is 14.5. The van der Waals surface area contributed by atoms with Gasteiger partial charge in [-0.1, -0.05) is 0 Å². The normalized spacial score (nSPS) is 17.9. The largest absolute Gasteiger partial charge is 0.365 e. The molecule has 11 heteroatoms. The lowest BCUT2D eigenvalue weighted by atomic mass is 9.91. The van der Waals surface area contributed by atoms with Crippen LogP contribution in [-0.2, 0) is 0 Å². The third kappa shape index (κ3) is 4.79. The van der Waals surface area contributed by atoms with E-state index in [9.17, 15) is 22.4 Å². The van der Waals surface area contributed by atoms with Crippen molar-refractivity contribution >= 4 is 22.6 Å². The van der Waals surface area contributed by atoms with E-state index >= 15 is 0 Å². The van der Waals surface area contributed by atoms with Crippen LogP contribution in [0, 0.1) is 23.3 Å². The number of hydrogen-bond donors (Lipinski definition) is 3. The molecule has 1 aliphatic rings. The van der Waals surface area contributed by atoms with Crippen LogP contribution in [0.3, 0.4) is 0 Å². The summed E-state index contributed by atoms with van der Waals surface area (Å²) in [7, 11) is 0. The smallest absolute Gasteiger partial charge is 0.270 e. The molecule has 0 radical (unpaired) electrons. The molecule has 7 nitrogen and oxygen atoms in total. The maximum Gasteiger partial charge on any atom is 0.270 e. The van der Waals surface area contributed by atoms with Gasteiger partial charge in [-0.25, -0.2) is 32.5 Å². The summed E-state index contributed by atoms with van der Waals surface area (Å²) < 4.78 is 55.4. The van der Waals surface area contributed by atoms with Crippen LogP contribution in [-0.4, -0.2) is 37.9 Å². The molecule has 0 bridgehead atoms. The Morgan fingerprint density at radius 2 is 1.80 bits per heavy atom. The maximum absolute atomic E-state index is 14.5. The Morgan fingerprint density at radius 3 is 2.60 bits per heavy atom. The summed E-state index contributed by atoms with van der Waals surface area (Å²) >= 11 is 0. The Hall–Kier alpha value is -4.02. The van der Waals surface area contributed by atoms with E-state index < -0.39 is 29.2 Å². The Labute approximate surface area is 197 Å². The fourth-order valence-corrected chi connectivity index (χ4v) is 4.35. The first-order valence-electron chi connectivity index (χ1n) is 11.1. The SMILES string of the molecule is O=C(N[C@@H]1CCC[C@H](Nc2nc(-c3c[nH]c4c(F)cc(F)cc34)ncc2F)C1)c1ccc(F)cn1. The van der Waals surface area contributed by atoms with E-state index in [1.165, 1.54) is 18.3 Å². The highest BCUT2D eigenvalue weighted by Crippen LogP contribution is 2.30. The van der Waals surface area contributed by atoms with Crippen LogP contribution in [0.25, 0.3) is 22.3 Å². The Morgan fingerprint density at radius 1 is 0.971 bits per heavy atom. The first-order valence-corrected chi connectivity index (χ1v) is 11.1. The zero-order chi connectivity index (χ0) is 24.5. The van der Waals surface area contributed by atoms with E-state index in [4.69, 9.17) is 0 Å². The predicted molar refractivity (Wildman–Crippen MR) is 121 cm³/mol. The van der Waals surface area contributed by atoms with Crippen molar-refractivity contribution in [1.29, 1.82) is 0 Å². The number of carbonyl (C=O) groups excluding carboxylic acids is 1. The zero-order valence-electron chi connectivity index (χ0n) is 18.3. The minimum Gasteiger partial charge on any atom is -0.365 e. The molecule has 1 aliphatic carbocycles. The number of anilines is 1. The number of benzene rings is 1. The van der Waals surface area contributed by atoms with Gasteiger partial charge in [0.15, 0.2) is 17.5 Å². The highest BCUT2D eigenvalue weighted by Gasteiger charge is 2.25. The van der Waals surface area contributed by atoms with Gasteiger partial charge in [0.05, 0.1) is 17.9 Å². The standard InChI is InChI=1S/C24H20F4N6O/c25-12-4-5-20(29-9-12)24(35)33-15-3-1-2-14(8-15)32-23-19(28)11-31-22(34-23)17-10-30-21-16(17)6-13(26)7-18(21)27/h4-7,9-11,14-15,30H,1-3,8H2,(H,33,35)(H,31,32,34)/t14-,15+/m0/s1. The van der Waals surface area contributed by atoms with Gasteiger partial charge in [-0.15, -0.1) is 0 Å². The average Bonchev–Trinajstić information content (AvgIpc) is 3.25. The first kappa shape index (κ1) is 22.8. The average molecular weight is 484 g/mol. The van der Waals surface area contributed by atoms with Crippen molar-refractivity contribution in [2.75, 3.05) is 5.32 Å². The summed E-state index contributed by atoms with van der Waals surface area (Å²) in [6, 6.07) is 4.03. The van der Waals surface area contributed by atoms with Gasteiger partial charge in [0.2, 0.25) is 0 Å². The molecule has 1 fully saturated rings. The van der Waals surface area contributed by atoms with Crippen LogP contribution >= 0.6 is 0 Å². The van der Waals surface area contributed by atoms with Crippen LogP contribution in [0.4, 0.5) is 23.4 Å². The number of amides is 1. The van der Waals surface area contributed by atoms with E-state index in [0.717, 1.165) is 43.8 Å². The van der Waals surface area contributed by atoms with Crippen LogP contribution in [0.1, 0.15) is 36.2 Å². The molecule has 1 amide bonds. The minimum absolute atomic E-state index is 0.0431. The van der Waals surface area contributed by atoms with E-state index in [1.807, 2.05) is 0 Å². The lowest BCUT2D eigenvalue weighted by Gasteiger charge is -2.30. The fourth-order valence-electron chi connectivity index (χ4n) is 4.35. The molecule has 3 aromatic heterocycles. The number of pyridine rings is 1. The Bertz CT molecular complexity index is 1390. The molecule has 35 heavy (non-hydrogen) atoms. The predicted octanol–water partition coefficient (Wildman–Crippen LogP) is 4.73. The highest BCUT2D eigenvalue weighted by molar-refractivity contribution is 5.94. The van der Waals surface area contributed by atoms with E-state index in [0.29, 0.717) is 12.0 Å². The topological polar surface area (TPSA) is 95.6 Å². The monoisotopic (exact) mass is 484 g/mol. The molecule has 3 heterocycles. The number of halogens is 4.